The molecule has 1 aliphatic heterocycles. The average Bonchev–Trinajstić information content (AvgIpc) is 3.28. The summed E-state index contributed by atoms with van der Waals surface area (Å²) >= 11 is 6.11. The van der Waals surface area contributed by atoms with Gasteiger partial charge in [-0.3, -0.25) is 9.13 Å². The van der Waals surface area contributed by atoms with Crippen molar-refractivity contribution >= 4 is 37.8 Å². The van der Waals surface area contributed by atoms with Gasteiger partial charge in [-0.2, -0.15) is 10.1 Å². The van der Waals surface area contributed by atoms with Crippen LogP contribution in [0, 0.1) is 0 Å². The van der Waals surface area contributed by atoms with Gasteiger partial charge in [0.2, 0.25) is 11.1 Å². The van der Waals surface area contributed by atoms with Crippen molar-refractivity contribution in [3.05, 3.63) is 53.1 Å². The highest BCUT2D eigenvalue weighted by Crippen LogP contribution is 2.55. The fourth-order valence-corrected chi connectivity index (χ4v) is 6.53. The molecule has 6 N–H and O–H groups in total. The van der Waals surface area contributed by atoms with Crippen molar-refractivity contribution in [1.82, 2.24) is 19.7 Å². The van der Waals surface area contributed by atoms with Gasteiger partial charge >= 0.3 is 15.2 Å². The van der Waals surface area contributed by atoms with E-state index in [2.05, 4.69) is 19.6 Å². The maximum atomic E-state index is 11.9. The number of hydrogen-bond donors (Lipinski definition) is 6. The van der Waals surface area contributed by atoms with Crippen LogP contribution in [0.3, 0.4) is 0 Å². The lowest BCUT2D eigenvalue weighted by Crippen LogP contribution is -2.49. The number of benzene rings is 1. The van der Waals surface area contributed by atoms with Gasteiger partial charge in [-0.25, -0.2) is 9.67 Å². The third-order valence-electron chi connectivity index (χ3n) is 5.51. The normalized spacial score (nSPS) is 23.7. The number of aromatic nitrogens is 4. The first-order chi connectivity index (χ1) is 16.8. The van der Waals surface area contributed by atoms with Gasteiger partial charge in [0.15, 0.2) is 23.9 Å². The minimum atomic E-state index is -4.90. The molecule has 1 aliphatic rings. The zero-order chi connectivity index (χ0) is 26.3. The van der Waals surface area contributed by atoms with Crippen LogP contribution in [0.2, 0.25) is 5.28 Å². The second-order valence-corrected chi connectivity index (χ2v) is 12.6. The van der Waals surface area contributed by atoms with Crippen LogP contribution in [-0.4, -0.2) is 80.3 Å². The standard InChI is InChI=1S/C19H23ClN4O10P2/c20-18-22-13(7-6-11-4-2-1-3-5-11)12-8-21-24(16(12)23-18)17-15(25)19(26,27)14(34-17)9-33-36(31,32)10-35(28,29)30/h1-5,8,14-15,17,25-27H,6-7,9-10H2,(H,31,32)(H2,28,29,30)/t14-,15+,17-/m1/s1. The topological polar surface area (TPSA) is 218 Å². The Hall–Kier alpha value is -1.80. The number of aryl methyl sites for hydroxylation is 2. The van der Waals surface area contributed by atoms with Crippen LogP contribution in [0.15, 0.2) is 36.5 Å². The van der Waals surface area contributed by atoms with E-state index in [0.717, 1.165) is 10.2 Å². The summed E-state index contributed by atoms with van der Waals surface area (Å²) in [5, 5.41) is 35.8. The molecule has 0 spiro atoms. The van der Waals surface area contributed by atoms with Crippen molar-refractivity contribution in [1.29, 1.82) is 0 Å². The number of halogens is 1. The van der Waals surface area contributed by atoms with Gasteiger partial charge in [0.05, 0.1) is 23.9 Å². The highest BCUT2D eigenvalue weighted by molar-refractivity contribution is 7.70. The van der Waals surface area contributed by atoms with Crippen LogP contribution in [0.25, 0.3) is 11.0 Å². The van der Waals surface area contributed by atoms with Crippen LogP contribution < -0.4 is 0 Å². The van der Waals surface area contributed by atoms with Crippen LogP contribution in [0.1, 0.15) is 17.5 Å². The molecule has 0 saturated carbocycles. The fraction of sp³-hybridized carbons (Fsp3) is 0.421. The van der Waals surface area contributed by atoms with Crippen molar-refractivity contribution < 1.29 is 48.4 Å². The summed E-state index contributed by atoms with van der Waals surface area (Å²) in [5.41, 5.74) is 1.76. The number of aliphatic hydroxyl groups is 3. The van der Waals surface area contributed by atoms with E-state index >= 15 is 0 Å². The van der Waals surface area contributed by atoms with Crippen LogP contribution >= 0.6 is 26.8 Å². The number of ether oxygens (including phenoxy) is 1. The second kappa shape index (κ2) is 10.2. The molecular formula is C19H23ClN4O10P2. The predicted octanol–water partition coefficient (Wildman–Crippen LogP) is 0.541. The summed E-state index contributed by atoms with van der Waals surface area (Å²) < 4.78 is 34.1. The molecule has 3 heterocycles. The lowest BCUT2D eigenvalue weighted by atomic mass is 10.1. The molecule has 3 aromatic rings. The van der Waals surface area contributed by atoms with Crippen molar-refractivity contribution in [3.63, 3.8) is 0 Å². The number of hydrogen-bond acceptors (Lipinski definition) is 10. The van der Waals surface area contributed by atoms with E-state index in [4.69, 9.17) is 26.1 Å². The van der Waals surface area contributed by atoms with Gasteiger partial charge in [0.1, 0.15) is 6.10 Å². The van der Waals surface area contributed by atoms with Crippen molar-refractivity contribution in [2.45, 2.75) is 37.1 Å². The Balaban J connectivity index is 1.56. The van der Waals surface area contributed by atoms with Gasteiger partial charge in [-0.1, -0.05) is 30.3 Å². The quantitative estimate of drug-likeness (QED) is 0.119. The highest BCUT2D eigenvalue weighted by atomic mass is 35.5. The molecule has 1 fully saturated rings. The van der Waals surface area contributed by atoms with E-state index < -0.39 is 51.9 Å². The zero-order valence-corrected chi connectivity index (χ0v) is 20.9. The maximum Gasteiger partial charge on any atom is 0.340 e. The summed E-state index contributed by atoms with van der Waals surface area (Å²) in [5.74, 6) is -4.45. The number of rotatable bonds is 9. The Labute approximate surface area is 208 Å². The molecule has 2 aromatic heterocycles. The third kappa shape index (κ3) is 6.01. The Morgan fingerprint density at radius 3 is 2.47 bits per heavy atom. The first-order valence-electron chi connectivity index (χ1n) is 10.5. The monoisotopic (exact) mass is 564 g/mol. The molecule has 14 nitrogen and oxygen atoms in total. The molecule has 4 rings (SSSR count). The second-order valence-electron chi connectivity index (χ2n) is 8.23. The van der Waals surface area contributed by atoms with Gasteiger partial charge < -0.3 is 39.3 Å². The summed E-state index contributed by atoms with van der Waals surface area (Å²) in [7, 11) is -9.72. The molecule has 0 bridgehead atoms. The van der Waals surface area contributed by atoms with Gasteiger partial charge in [-0.15, -0.1) is 0 Å². The van der Waals surface area contributed by atoms with E-state index in [0.29, 0.717) is 23.9 Å². The van der Waals surface area contributed by atoms with Crippen LogP contribution in [-0.2, 0) is 31.2 Å². The minimum absolute atomic E-state index is 0.113. The van der Waals surface area contributed by atoms with Crippen molar-refractivity contribution in [2.24, 2.45) is 0 Å². The molecule has 36 heavy (non-hydrogen) atoms. The summed E-state index contributed by atoms with van der Waals surface area (Å²) in [6, 6.07) is 9.64. The molecule has 0 aliphatic carbocycles. The summed E-state index contributed by atoms with van der Waals surface area (Å²) in [6.45, 7) is -0.981. The Bertz CT molecular complexity index is 1330. The average molecular weight is 565 g/mol. The third-order valence-corrected chi connectivity index (χ3v) is 9.14. The van der Waals surface area contributed by atoms with Gasteiger partial charge in [0, 0.05) is 0 Å². The first-order valence-corrected chi connectivity index (χ1v) is 14.4. The predicted molar refractivity (Wildman–Crippen MR) is 124 cm³/mol. The van der Waals surface area contributed by atoms with Crippen LogP contribution in [0.4, 0.5) is 0 Å². The molecule has 17 heteroatoms. The molecule has 1 aromatic carbocycles. The SMILES string of the molecule is O=P(O)(O)CP(=O)(O)OC[C@H]1O[C@@H](n2ncc3c(CCc4ccccc4)nc(Cl)nc32)[C@H](O)C1(O)O. The number of nitrogens with zero attached hydrogens (tertiary/aromatic N) is 4. The Morgan fingerprint density at radius 1 is 1.11 bits per heavy atom. The Kier molecular flexibility index (Phi) is 7.69. The van der Waals surface area contributed by atoms with E-state index in [9.17, 15) is 29.3 Å². The molecular weight excluding hydrogens is 542 g/mol. The molecule has 196 valence electrons. The van der Waals surface area contributed by atoms with Crippen LogP contribution in [0.5, 0.6) is 0 Å². The Morgan fingerprint density at radius 2 is 1.81 bits per heavy atom. The maximum absolute atomic E-state index is 11.9. The summed E-state index contributed by atoms with van der Waals surface area (Å²) in [6.07, 6.45) is -2.81. The molecule has 4 atom stereocenters. The van der Waals surface area contributed by atoms with E-state index in [1.54, 1.807) is 0 Å². The largest absolute Gasteiger partial charge is 0.383 e. The number of fused-ring (bicyclic) bond motifs is 1. The lowest BCUT2D eigenvalue weighted by molar-refractivity contribution is -0.234. The molecule has 0 radical (unpaired) electrons. The molecule has 0 amide bonds. The lowest BCUT2D eigenvalue weighted by Gasteiger charge is -2.25. The first kappa shape index (κ1) is 27.2. The van der Waals surface area contributed by atoms with Gasteiger partial charge in [0.25, 0.3) is 0 Å². The zero-order valence-electron chi connectivity index (χ0n) is 18.4. The number of aliphatic hydroxyl groups excluding tert-OH is 1. The highest BCUT2D eigenvalue weighted by Gasteiger charge is 2.56. The van der Waals surface area contributed by atoms with Crippen molar-refractivity contribution in [3.8, 4) is 0 Å². The fourth-order valence-electron chi connectivity index (χ4n) is 3.79. The smallest absolute Gasteiger partial charge is 0.340 e. The minimum Gasteiger partial charge on any atom is -0.383 e. The van der Waals surface area contributed by atoms with E-state index in [1.807, 2.05) is 30.3 Å². The molecule has 1 unspecified atom stereocenters. The van der Waals surface area contributed by atoms with Gasteiger partial charge in [-0.05, 0) is 30.0 Å². The van der Waals surface area contributed by atoms with E-state index in [1.165, 1.54) is 6.20 Å². The summed E-state index contributed by atoms with van der Waals surface area (Å²) in [4.78, 5) is 35.8. The molecule has 1 saturated heterocycles. The van der Waals surface area contributed by atoms with E-state index in [-0.39, 0.29) is 10.9 Å². The van der Waals surface area contributed by atoms with Crippen molar-refractivity contribution in [2.75, 3.05) is 12.5 Å².